The fourth-order valence-corrected chi connectivity index (χ4v) is 0.923. The van der Waals surface area contributed by atoms with Crippen LogP contribution in [0.15, 0.2) is 10.5 Å². The Morgan fingerprint density at radius 3 is 2.45 bits per heavy atom. The van der Waals surface area contributed by atoms with Gasteiger partial charge in [-0.1, -0.05) is 13.8 Å². The van der Waals surface area contributed by atoms with Crippen LogP contribution in [0.4, 0.5) is 0 Å². The summed E-state index contributed by atoms with van der Waals surface area (Å²) < 4.78 is 5.26. The van der Waals surface area contributed by atoms with E-state index in [0.29, 0.717) is 11.7 Å². The molecule has 0 aromatic carbocycles. The standard InChI is InChI=1S/C9H12O2/c1-6(2)8-4-7(3)9(5-10)11-8/h4-6H,1-3H3. The molecule has 0 aliphatic rings. The van der Waals surface area contributed by atoms with E-state index in [-0.39, 0.29) is 0 Å². The highest BCUT2D eigenvalue weighted by Crippen LogP contribution is 2.20. The number of furan rings is 1. The molecule has 0 spiro atoms. The predicted molar refractivity (Wildman–Crippen MR) is 42.9 cm³/mol. The Labute approximate surface area is 66.2 Å². The molecule has 1 aromatic rings. The van der Waals surface area contributed by atoms with Crippen LogP contribution in [0, 0.1) is 6.92 Å². The molecule has 0 unspecified atom stereocenters. The number of aldehydes is 1. The van der Waals surface area contributed by atoms with Crippen molar-refractivity contribution in [2.75, 3.05) is 0 Å². The van der Waals surface area contributed by atoms with Crippen molar-refractivity contribution < 1.29 is 9.21 Å². The molecule has 0 saturated heterocycles. The second-order valence-corrected chi connectivity index (χ2v) is 2.97. The van der Waals surface area contributed by atoms with Crippen molar-refractivity contribution in [3.05, 3.63) is 23.2 Å². The van der Waals surface area contributed by atoms with Crippen molar-refractivity contribution >= 4 is 6.29 Å². The SMILES string of the molecule is Cc1cc(C(C)C)oc1C=O. The number of aryl methyl sites for hydroxylation is 1. The molecule has 1 rings (SSSR count). The van der Waals surface area contributed by atoms with Crippen molar-refractivity contribution in [2.24, 2.45) is 0 Å². The molecule has 2 heteroatoms. The Hall–Kier alpha value is -1.05. The number of hydrogen-bond acceptors (Lipinski definition) is 2. The molecular weight excluding hydrogens is 140 g/mol. The van der Waals surface area contributed by atoms with E-state index >= 15 is 0 Å². The maximum Gasteiger partial charge on any atom is 0.185 e. The number of rotatable bonds is 2. The molecule has 0 amide bonds. The first-order valence-electron chi connectivity index (χ1n) is 3.70. The summed E-state index contributed by atoms with van der Waals surface area (Å²) in [5, 5.41) is 0. The van der Waals surface area contributed by atoms with E-state index in [1.54, 1.807) is 0 Å². The van der Waals surface area contributed by atoms with Gasteiger partial charge in [-0.2, -0.15) is 0 Å². The van der Waals surface area contributed by atoms with E-state index < -0.39 is 0 Å². The van der Waals surface area contributed by atoms with E-state index in [2.05, 4.69) is 0 Å². The van der Waals surface area contributed by atoms with Gasteiger partial charge < -0.3 is 4.42 Å². The third-order valence-electron chi connectivity index (χ3n) is 1.65. The summed E-state index contributed by atoms with van der Waals surface area (Å²) in [6.07, 6.45) is 0.751. The van der Waals surface area contributed by atoms with E-state index in [9.17, 15) is 4.79 Å². The van der Waals surface area contributed by atoms with Gasteiger partial charge in [-0.05, 0) is 18.6 Å². The molecule has 0 radical (unpaired) electrons. The van der Waals surface area contributed by atoms with Crippen LogP contribution in [0.2, 0.25) is 0 Å². The summed E-state index contributed by atoms with van der Waals surface area (Å²) in [5.41, 5.74) is 0.920. The van der Waals surface area contributed by atoms with Gasteiger partial charge in [0.05, 0.1) is 0 Å². The molecule has 0 bridgehead atoms. The zero-order valence-electron chi connectivity index (χ0n) is 7.05. The van der Waals surface area contributed by atoms with Crippen LogP contribution in [0.5, 0.6) is 0 Å². The Bertz CT molecular complexity index is 259. The molecular formula is C9H12O2. The second kappa shape index (κ2) is 2.91. The summed E-state index contributed by atoms with van der Waals surface area (Å²) in [6.45, 7) is 5.94. The Morgan fingerprint density at radius 1 is 1.55 bits per heavy atom. The molecule has 60 valence electrons. The van der Waals surface area contributed by atoms with Gasteiger partial charge in [-0.15, -0.1) is 0 Å². The first-order valence-corrected chi connectivity index (χ1v) is 3.70. The van der Waals surface area contributed by atoms with E-state index in [1.165, 1.54) is 0 Å². The van der Waals surface area contributed by atoms with Crippen molar-refractivity contribution in [3.63, 3.8) is 0 Å². The quantitative estimate of drug-likeness (QED) is 0.609. The van der Waals surface area contributed by atoms with Gasteiger partial charge in [0.15, 0.2) is 12.0 Å². The average Bonchev–Trinajstić information content (AvgIpc) is 2.31. The number of hydrogen-bond donors (Lipinski definition) is 0. The summed E-state index contributed by atoms with van der Waals surface area (Å²) in [4.78, 5) is 10.4. The van der Waals surface area contributed by atoms with E-state index in [1.807, 2.05) is 26.8 Å². The van der Waals surface area contributed by atoms with Crippen LogP contribution in [-0.4, -0.2) is 6.29 Å². The van der Waals surface area contributed by atoms with Crippen LogP contribution in [0.25, 0.3) is 0 Å². The van der Waals surface area contributed by atoms with E-state index in [0.717, 1.165) is 17.6 Å². The van der Waals surface area contributed by atoms with Crippen LogP contribution in [0.1, 0.15) is 41.6 Å². The molecule has 1 heterocycles. The van der Waals surface area contributed by atoms with Gasteiger partial charge in [-0.25, -0.2) is 0 Å². The van der Waals surface area contributed by atoms with Crippen LogP contribution in [-0.2, 0) is 0 Å². The number of carbonyl (C=O) groups excluding carboxylic acids is 1. The Kier molecular flexibility index (Phi) is 2.13. The Morgan fingerprint density at radius 2 is 2.18 bits per heavy atom. The first kappa shape index (κ1) is 8.05. The lowest BCUT2D eigenvalue weighted by molar-refractivity contribution is 0.109. The third kappa shape index (κ3) is 1.50. The summed E-state index contributed by atoms with van der Waals surface area (Å²) in [6, 6.07) is 1.91. The first-order chi connectivity index (χ1) is 5.15. The molecule has 0 atom stereocenters. The van der Waals surface area contributed by atoms with Crippen LogP contribution < -0.4 is 0 Å². The average molecular weight is 152 g/mol. The van der Waals surface area contributed by atoms with Gasteiger partial charge in [0, 0.05) is 5.92 Å². The normalized spacial score (nSPS) is 10.5. The maximum absolute atomic E-state index is 10.4. The van der Waals surface area contributed by atoms with Crippen molar-refractivity contribution in [1.82, 2.24) is 0 Å². The molecule has 0 aliphatic heterocycles. The minimum atomic E-state index is 0.349. The summed E-state index contributed by atoms with van der Waals surface area (Å²) in [5.74, 6) is 1.68. The summed E-state index contributed by atoms with van der Waals surface area (Å²) in [7, 11) is 0. The van der Waals surface area contributed by atoms with Crippen molar-refractivity contribution in [3.8, 4) is 0 Å². The molecule has 1 aromatic heterocycles. The minimum absolute atomic E-state index is 0.349. The highest BCUT2D eigenvalue weighted by atomic mass is 16.3. The second-order valence-electron chi connectivity index (χ2n) is 2.97. The molecule has 0 N–H and O–H groups in total. The lowest BCUT2D eigenvalue weighted by Crippen LogP contribution is -1.80. The third-order valence-corrected chi connectivity index (χ3v) is 1.65. The maximum atomic E-state index is 10.4. The molecule has 2 nitrogen and oxygen atoms in total. The highest BCUT2D eigenvalue weighted by Gasteiger charge is 2.08. The van der Waals surface area contributed by atoms with Crippen LogP contribution in [0.3, 0.4) is 0 Å². The molecule has 0 saturated carbocycles. The van der Waals surface area contributed by atoms with Crippen molar-refractivity contribution in [1.29, 1.82) is 0 Å². The topological polar surface area (TPSA) is 30.2 Å². The zero-order chi connectivity index (χ0) is 8.43. The fraction of sp³-hybridized carbons (Fsp3) is 0.444. The molecule has 0 aliphatic carbocycles. The van der Waals surface area contributed by atoms with E-state index in [4.69, 9.17) is 4.42 Å². The molecule has 0 fully saturated rings. The largest absolute Gasteiger partial charge is 0.458 e. The zero-order valence-corrected chi connectivity index (χ0v) is 7.05. The highest BCUT2D eigenvalue weighted by molar-refractivity contribution is 5.73. The fourth-order valence-electron chi connectivity index (χ4n) is 0.923. The van der Waals surface area contributed by atoms with Gasteiger partial charge in [0.25, 0.3) is 0 Å². The number of carbonyl (C=O) groups is 1. The Balaban J connectivity index is 3.04. The van der Waals surface area contributed by atoms with Gasteiger partial charge in [0.1, 0.15) is 5.76 Å². The lowest BCUT2D eigenvalue weighted by Gasteiger charge is -1.95. The van der Waals surface area contributed by atoms with Gasteiger partial charge in [0.2, 0.25) is 0 Å². The van der Waals surface area contributed by atoms with Crippen molar-refractivity contribution in [2.45, 2.75) is 26.7 Å². The van der Waals surface area contributed by atoms with Gasteiger partial charge >= 0.3 is 0 Å². The van der Waals surface area contributed by atoms with Crippen LogP contribution >= 0.6 is 0 Å². The summed E-state index contributed by atoms with van der Waals surface area (Å²) >= 11 is 0. The monoisotopic (exact) mass is 152 g/mol. The smallest absolute Gasteiger partial charge is 0.185 e. The van der Waals surface area contributed by atoms with Gasteiger partial charge in [-0.3, -0.25) is 4.79 Å². The predicted octanol–water partition coefficient (Wildman–Crippen LogP) is 2.52. The molecule has 11 heavy (non-hydrogen) atoms. The lowest BCUT2D eigenvalue weighted by atomic mass is 10.1. The minimum Gasteiger partial charge on any atom is -0.458 e.